The van der Waals surface area contributed by atoms with Crippen LogP contribution in [0.15, 0.2) is 28.7 Å². The Labute approximate surface area is 127 Å². The van der Waals surface area contributed by atoms with E-state index in [0.29, 0.717) is 5.56 Å². The first-order chi connectivity index (χ1) is 9.49. The minimum Gasteiger partial charge on any atom is -0.334 e. The molecule has 2 rings (SSSR count). The van der Waals surface area contributed by atoms with Gasteiger partial charge in [-0.05, 0) is 57.4 Å². The van der Waals surface area contributed by atoms with Crippen LogP contribution < -0.4 is 0 Å². The van der Waals surface area contributed by atoms with E-state index in [0.717, 1.165) is 23.7 Å². The summed E-state index contributed by atoms with van der Waals surface area (Å²) >= 11 is 3.30. The molecule has 1 amide bonds. The Bertz CT molecular complexity index is 519. The Morgan fingerprint density at radius 1 is 1.35 bits per heavy atom. The van der Waals surface area contributed by atoms with E-state index < -0.39 is 0 Å². The number of nitrogens with zero attached hydrogens (tertiary/aromatic N) is 1. The van der Waals surface area contributed by atoms with Crippen molar-refractivity contribution in [2.24, 2.45) is 0 Å². The fourth-order valence-corrected chi connectivity index (χ4v) is 3.12. The lowest BCUT2D eigenvalue weighted by atomic mass is 9.97. The van der Waals surface area contributed by atoms with Gasteiger partial charge in [0.05, 0.1) is 0 Å². The van der Waals surface area contributed by atoms with Crippen LogP contribution in [0.1, 0.15) is 38.7 Å². The second-order valence-electron chi connectivity index (χ2n) is 5.37. The molecule has 4 heteroatoms. The first-order valence-electron chi connectivity index (χ1n) is 6.94. The lowest BCUT2D eigenvalue weighted by molar-refractivity contribution is -0.131. The summed E-state index contributed by atoms with van der Waals surface area (Å²) in [5.74, 6) is -0.360. The summed E-state index contributed by atoms with van der Waals surface area (Å²) in [6.07, 6.45) is 6.26. The molecule has 0 radical (unpaired) electrons. The van der Waals surface area contributed by atoms with Gasteiger partial charge in [0, 0.05) is 28.2 Å². The van der Waals surface area contributed by atoms with Gasteiger partial charge >= 0.3 is 0 Å². The Kier molecular flexibility index (Phi) is 4.97. The maximum absolute atomic E-state index is 13.6. The molecule has 2 nitrogen and oxygen atoms in total. The monoisotopic (exact) mass is 339 g/mol. The third-order valence-electron chi connectivity index (χ3n) is 3.81. The summed E-state index contributed by atoms with van der Waals surface area (Å²) in [5, 5.41) is 0. The first kappa shape index (κ1) is 15.2. The predicted molar refractivity (Wildman–Crippen MR) is 82.8 cm³/mol. The van der Waals surface area contributed by atoms with Gasteiger partial charge in [-0.3, -0.25) is 4.79 Å². The van der Waals surface area contributed by atoms with E-state index in [9.17, 15) is 9.18 Å². The molecule has 108 valence electrons. The van der Waals surface area contributed by atoms with Gasteiger partial charge in [0.25, 0.3) is 0 Å². The van der Waals surface area contributed by atoms with Crippen LogP contribution in [0, 0.1) is 5.82 Å². The number of amides is 1. The van der Waals surface area contributed by atoms with Crippen LogP contribution in [-0.4, -0.2) is 22.9 Å². The lowest BCUT2D eigenvalue weighted by Crippen LogP contribution is -2.46. The third kappa shape index (κ3) is 3.48. The van der Waals surface area contributed by atoms with E-state index in [1.54, 1.807) is 18.2 Å². The Morgan fingerprint density at radius 2 is 2.00 bits per heavy atom. The third-order valence-corrected chi connectivity index (χ3v) is 4.30. The highest BCUT2D eigenvalue weighted by Gasteiger charge is 2.27. The van der Waals surface area contributed by atoms with E-state index in [4.69, 9.17) is 0 Å². The average molecular weight is 340 g/mol. The van der Waals surface area contributed by atoms with Gasteiger partial charge in [-0.25, -0.2) is 4.39 Å². The maximum atomic E-state index is 13.6. The Hall–Kier alpha value is -1.16. The molecule has 2 unspecified atom stereocenters. The number of carbonyl (C=O) groups excluding carboxylic acids is 1. The predicted octanol–water partition coefficient (Wildman–Crippen LogP) is 4.39. The van der Waals surface area contributed by atoms with Crippen LogP contribution in [0.25, 0.3) is 6.08 Å². The number of benzene rings is 1. The van der Waals surface area contributed by atoms with Gasteiger partial charge in [0.1, 0.15) is 5.82 Å². The van der Waals surface area contributed by atoms with E-state index in [-0.39, 0.29) is 23.8 Å². The number of hydrogen-bond acceptors (Lipinski definition) is 1. The minimum absolute atomic E-state index is 0.0379. The number of piperidine rings is 1. The molecular formula is C16H19BrFNO. The van der Waals surface area contributed by atoms with Gasteiger partial charge in [0.2, 0.25) is 5.91 Å². The van der Waals surface area contributed by atoms with Crippen LogP contribution in [0.5, 0.6) is 0 Å². The van der Waals surface area contributed by atoms with Gasteiger partial charge in [0.15, 0.2) is 0 Å². The second-order valence-corrected chi connectivity index (χ2v) is 6.29. The average Bonchev–Trinajstić information content (AvgIpc) is 2.39. The molecule has 0 spiro atoms. The first-order valence-corrected chi connectivity index (χ1v) is 7.74. The summed E-state index contributed by atoms with van der Waals surface area (Å²) in [4.78, 5) is 14.2. The molecule has 1 fully saturated rings. The quantitative estimate of drug-likeness (QED) is 0.731. The summed E-state index contributed by atoms with van der Waals surface area (Å²) in [6.45, 7) is 4.14. The zero-order valence-electron chi connectivity index (χ0n) is 11.8. The van der Waals surface area contributed by atoms with Crippen molar-refractivity contribution in [2.75, 3.05) is 0 Å². The van der Waals surface area contributed by atoms with Gasteiger partial charge in [-0.1, -0.05) is 15.9 Å². The molecule has 1 aliphatic rings. The molecule has 1 aromatic rings. The fourth-order valence-electron chi connectivity index (χ4n) is 2.75. The van der Waals surface area contributed by atoms with Crippen molar-refractivity contribution >= 4 is 27.9 Å². The highest BCUT2D eigenvalue weighted by Crippen LogP contribution is 2.23. The maximum Gasteiger partial charge on any atom is 0.247 e. The van der Waals surface area contributed by atoms with Crippen molar-refractivity contribution < 1.29 is 9.18 Å². The molecule has 0 aromatic heterocycles. The highest BCUT2D eigenvalue weighted by atomic mass is 79.9. The van der Waals surface area contributed by atoms with Crippen molar-refractivity contribution in [2.45, 2.75) is 45.2 Å². The smallest absolute Gasteiger partial charge is 0.247 e. The van der Waals surface area contributed by atoms with Crippen molar-refractivity contribution in [1.29, 1.82) is 0 Å². The van der Waals surface area contributed by atoms with E-state index in [2.05, 4.69) is 29.8 Å². The van der Waals surface area contributed by atoms with Crippen LogP contribution in [0.3, 0.4) is 0 Å². The highest BCUT2D eigenvalue weighted by molar-refractivity contribution is 9.10. The molecule has 0 N–H and O–H groups in total. The Balaban J connectivity index is 2.14. The number of rotatable bonds is 2. The van der Waals surface area contributed by atoms with Crippen molar-refractivity contribution in [3.63, 3.8) is 0 Å². The number of hydrogen-bond donors (Lipinski definition) is 0. The molecular weight excluding hydrogens is 321 g/mol. The summed E-state index contributed by atoms with van der Waals surface area (Å²) in [7, 11) is 0. The number of halogens is 2. The molecule has 0 aliphatic carbocycles. The largest absolute Gasteiger partial charge is 0.334 e. The standard InChI is InChI=1S/C16H19BrFNO/c1-11-4-3-5-12(2)19(11)16(20)9-6-13-10-14(17)7-8-15(13)18/h6-12H,3-5H2,1-2H3/b9-6+. The van der Waals surface area contributed by atoms with Gasteiger partial charge < -0.3 is 4.90 Å². The van der Waals surface area contributed by atoms with Crippen LogP contribution in [-0.2, 0) is 4.79 Å². The molecule has 0 saturated carbocycles. The van der Waals surface area contributed by atoms with Gasteiger partial charge in [-0.15, -0.1) is 0 Å². The lowest BCUT2D eigenvalue weighted by Gasteiger charge is -2.38. The van der Waals surface area contributed by atoms with Crippen LogP contribution in [0.2, 0.25) is 0 Å². The number of likely N-dealkylation sites (tertiary alicyclic amines) is 1. The van der Waals surface area contributed by atoms with Crippen molar-refractivity contribution in [3.8, 4) is 0 Å². The summed E-state index contributed by atoms with van der Waals surface area (Å²) in [5.41, 5.74) is 0.421. The van der Waals surface area contributed by atoms with Gasteiger partial charge in [-0.2, -0.15) is 0 Å². The molecule has 1 aliphatic heterocycles. The zero-order chi connectivity index (χ0) is 14.7. The van der Waals surface area contributed by atoms with E-state index >= 15 is 0 Å². The zero-order valence-corrected chi connectivity index (χ0v) is 13.4. The molecule has 1 saturated heterocycles. The molecule has 0 bridgehead atoms. The van der Waals surface area contributed by atoms with Crippen molar-refractivity contribution in [1.82, 2.24) is 4.90 Å². The second kappa shape index (κ2) is 6.53. The summed E-state index contributed by atoms with van der Waals surface area (Å²) in [6, 6.07) is 5.21. The van der Waals surface area contributed by atoms with E-state index in [1.165, 1.54) is 12.1 Å². The molecule has 2 atom stereocenters. The summed E-state index contributed by atoms with van der Waals surface area (Å²) < 4.78 is 14.4. The van der Waals surface area contributed by atoms with Crippen LogP contribution >= 0.6 is 15.9 Å². The topological polar surface area (TPSA) is 20.3 Å². The Morgan fingerprint density at radius 3 is 2.65 bits per heavy atom. The molecule has 1 heterocycles. The van der Waals surface area contributed by atoms with E-state index in [1.807, 2.05) is 4.90 Å². The van der Waals surface area contributed by atoms with Crippen LogP contribution in [0.4, 0.5) is 4.39 Å². The molecule has 20 heavy (non-hydrogen) atoms. The SMILES string of the molecule is CC1CCCC(C)N1C(=O)/C=C/c1cc(Br)ccc1F. The normalized spacial score (nSPS) is 23.3. The minimum atomic E-state index is -0.322. The van der Waals surface area contributed by atoms with Crippen molar-refractivity contribution in [3.05, 3.63) is 40.1 Å². The number of carbonyl (C=O) groups is 1. The fraction of sp³-hybridized carbons (Fsp3) is 0.438. The molecule has 1 aromatic carbocycles.